The SMILES string of the molecule is CN=C(NCc1cccc2c1OCO2)NC1CCc2cn(C(C)C)nc2C1.I. The van der Waals surface area contributed by atoms with Crippen molar-refractivity contribution in [2.75, 3.05) is 13.8 Å². The average Bonchev–Trinajstić information content (AvgIpc) is 3.31. The minimum atomic E-state index is 0. The number of guanidine groups is 1. The van der Waals surface area contributed by atoms with Gasteiger partial charge in [-0.2, -0.15) is 5.10 Å². The summed E-state index contributed by atoms with van der Waals surface area (Å²) >= 11 is 0. The molecule has 0 fully saturated rings. The number of halogens is 1. The molecule has 0 bridgehead atoms. The molecule has 4 rings (SSSR count). The maximum atomic E-state index is 5.57. The molecule has 2 N–H and O–H groups in total. The summed E-state index contributed by atoms with van der Waals surface area (Å²) in [5.41, 5.74) is 3.64. The fourth-order valence-electron chi connectivity index (χ4n) is 3.60. The lowest BCUT2D eigenvalue weighted by atomic mass is 9.94. The molecule has 8 heteroatoms. The molecule has 0 spiro atoms. The lowest BCUT2D eigenvalue weighted by Crippen LogP contribution is -2.45. The Kier molecular flexibility index (Phi) is 6.69. The van der Waals surface area contributed by atoms with Crippen molar-refractivity contribution in [1.29, 1.82) is 0 Å². The highest BCUT2D eigenvalue weighted by Gasteiger charge is 2.23. The molecule has 1 unspecified atom stereocenters. The smallest absolute Gasteiger partial charge is 0.231 e. The lowest BCUT2D eigenvalue weighted by molar-refractivity contribution is 0.173. The molecular weight excluding hydrogens is 469 g/mol. The quantitative estimate of drug-likeness (QED) is 0.386. The van der Waals surface area contributed by atoms with Gasteiger partial charge in [0, 0.05) is 43.9 Å². The molecule has 1 aliphatic heterocycles. The van der Waals surface area contributed by atoms with Crippen LogP contribution in [0.3, 0.4) is 0 Å². The van der Waals surface area contributed by atoms with Crippen molar-refractivity contribution in [3.05, 3.63) is 41.2 Å². The van der Waals surface area contributed by atoms with Crippen LogP contribution in [0, 0.1) is 0 Å². The summed E-state index contributed by atoms with van der Waals surface area (Å²) in [6.45, 7) is 5.24. The van der Waals surface area contributed by atoms with E-state index < -0.39 is 0 Å². The number of nitrogens with zero attached hydrogens (tertiary/aromatic N) is 3. The monoisotopic (exact) mass is 497 g/mol. The normalized spacial score (nSPS) is 17.9. The van der Waals surface area contributed by atoms with E-state index in [1.165, 1.54) is 11.3 Å². The van der Waals surface area contributed by atoms with Crippen LogP contribution in [0.1, 0.15) is 43.1 Å². The van der Waals surface area contributed by atoms with E-state index in [1.807, 2.05) is 18.2 Å². The molecule has 2 heterocycles. The summed E-state index contributed by atoms with van der Waals surface area (Å²) in [5.74, 6) is 2.42. The summed E-state index contributed by atoms with van der Waals surface area (Å²) in [4.78, 5) is 4.38. The van der Waals surface area contributed by atoms with Gasteiger partial charge < -0.3 is 20.1 Å². The molecule has 1 atom stereocenters. The fourth-order valence-corrected chi connectivity index (χ4v) is 3.60. The van der Waals surface area contributed by atoms with Gasteiger partial charge in [-0.3, -0.25) is 9.67 Å². The second kappa shape index (κ2) is 9.02. The lowest BCUT2D eigenvalue weighted by Gasteiger charge is -2.24. The van der Waals surface area contributed by atoms with Crippen LogP contribution in [0.5, 0.6) is 11.5 Å². The van der Waals surface area contributed by atoms with Gasteiger partial charge in [-0.1, -0.05) is 12.1 Å². The Labute approximate surface area is 182 Å². The largest absolute Gasteiger partial charge is 0.454 e. The minimum Gasteiger partial charge on any atom is -0.454 e. The zero-order valence-corrected chi connectivity index (χ0v) is 18.9. The molecule has 0 saturated heterocycles. The third-order valence-electron chi connectivity index (χ3n) is 5.11. The Hall–Kier alpha value is -1.97. The topological polar surface area (TPSA) is 72.7 Å². The summed E-state index contributed by atoms with van der Waals surface area (Å²) in [6, 6.07) is 6.68. The van der Waals surface area contributed by atoms with Gasteiger partial charge in [0.05, 0.1) is 5.69 Å². The van der Waals surface area contributed by atoms with Gasteiger partial charge in [0.25, 0.3) is 0 Å². The number of hydrogen-bond acceptors (Lipinski definition) is 4. The van der Waals surface area contributed by atoms with Crippen LogP contribution in [0.4, 0.5) is 0 Å². The summed E-state index contributed by atoms with van der Waals surface area (Å²) in [5, 5.41) is 11.7. The van der Waals surface area contributed by atoms with Gasteiger partial charge in [0.1, 0.15) is 0 Å². The van der Waals surface area contributed by atoms with Crippen LogP contribution in [0.2, 0.25) is 0 Å². The number of ether oxygens (including phenoxy) is 2. The van der Waals surface area contributed by atoms with Gasteiger partial charge >= 0.3 is 0 Å². The van der Waals surface area contributed by atoms with Crippen LogP contribution in [-0.4, -0.2) is 35.6 Å². The van der Waals surface area contributed by atoms with Crippen LogP contribution < -0.4 is 20.1 Å². The second-order valence-corrected chi connectivity index (χ2v) is 7.34. The molecule has 1 aromatic heterocycles. The standard InChI is InChI=1S/C20H27N5O2.HI/c1-13(2)25-11-15-7-8-16(9-17(15)24-25)23-20(21-3)22-10-14-5-4-6-18-19(14)27-12-26-18;/h4-6,11,13,16H,7-10,12H2,1-3H3,(H2,21,22,23);1H. The summed E-state index contributed by atoms with van der Waals surface area (Å²) in [7, 11) is 1.80. The highest BCUT2D eigenvalue weighted by molar-refractivity contribution is 14.0. The minimum absolute atomic E-state index is 0. The van der Waals surface area contributed by atoms with E-state index in [0.29, 0.717) is 18.6 Å². The van der Waals surface area contributed by atoms with E-state index in [1.54, 1.807) is 7.05 Å². The van der Waals surface area contributed by atoms with Crippen molar-refractivity contribution in [2.24, 2.45) is 4.99 Å². The first kappa shape index (κ1) is 20.8. The molecule has 2 aliphatic rings. The number of para-hydroxylation sites is 1. The van der Waals surface area contributed by atoms with E-state index in [2.05, 4.69) is 40.4 Å². The Morgan fingerprint density at radius 2 is 2.21 bits per heavy atom. The van der Waals surface area contributed by atoms with E-state index in [4.69, 9.17) is 14.6 Å². The molecule has 1 aromatic carbocycles. The zero-order valence-electron chi connectivity index (χ0n) is 16.6. The number of benzene rings is 1. The predicted molar refractivity (Wildman–Crippen MR) is 120 cm³/mol. The third-order valence-corrected chi connectivity index (χ3v) is 5.11. The van der Waals surface area contributed by atoms with E-state index in [-0.39, 0.29) is 30.8 Å². The highest BCUT2D eigenvalue weighted by Crippen LogP contribution is 2.35. The molecule has 0 saturated carbocycles. The fraction of sp³-hybridized carbons (Fsp3) is 0.500. The molecule has 2 aromatic rings. The van der Waals surface area contributed by atoms with E-state index in [9.17, 15) is 0 Å². The van der Waals surface area contributed by atoms with E-state index in [0.717, 1.165) is 42.3 Å². The number of aromatic nitrogens is 2. The average molecular weight is 497 g/mol. The number of rotatable bonds is 4. The number of aliphatic imine (C=N–C) groups is 1. The third kappa shape index (κ3) is 4.37. The second-order valence-electron chi connectivity index (χ2n) is 7.34. The van der Waals surface area contributed by atoms with Crippen LogP contribution in [0.15, 0.2) is 29.4 Å². The Balaban J connectivity index is 0.00000225. The Morgan fingerprint density at radius 1 is 1.36 bits per heavy atom. The van der Waals surface area contributed by atoms with Crippen molar-refractivity contribution >= 4 is 29.9 Å². The van der Waals surface area contributed by atoms with Crippen LogP contribution >= 0.6 is 24.0 Å². The number of aryl methyl sites for hydroxylation is 1. The van der Waals surface area contributed by atoms with Crippen molar-refractivity contribution in [1.82, 2.24) is 20.4 Å². The van der Waals surface area contributed by atoms with Gasteiger partial charge in [0.15, 0.2) is 17.5 Å². The maximum Gasteiger partial charge on any atom is 0.231 e. The van der Waals surface area contributed by atoms with Crippen LogP contribution in [0.25, 0.3) is 0 Å². The number of nitrogens with one attached hydrogen (secondary N) is 2. The highest BCUT2D eigenvalue weighted by atomic mass is 127. The van der Waals surface area contributed by atoms with Crippen molar-refractivity contribution < 1.29 is 9.47 Å². The van der Waals surface area contributed by atoms with Crippen molar-refractivity contribution in [3.8, 4) is 11.5 Å². The van der Waals surface area contributed by atoms with E-state index >= 15 is 0 Å². The summed E-state index contributed by atoms with van der Waals surface area (Å²) in [6.07, 6.45) is 5.25. The predicted octanol–water partition coefficient (Wildman–Crippen LogP) is 3.03. The first-order valence-corrected chi connectivity index (χ1v) is 9.55. The van der Waals surface area contributed by atoms with Crippen molar-refractivity contribution in [3.63, 3.8) is 0 Å². The molecule has 28 heavy (non-hydrogen) atoms. The van der Waals surface area contributed by atoms with Gasteiger partial charge in [-0.15, -0.1) is 24.0 Å². The molecule has 0 radical (unpaired) electrons. The zero-order chi connectivity index (χ0) is 18.8. The summed E-state index contributed by atoms with van der Waals surface area (Å²) < 4.78 is 13.1. The van der Waals surface area contributed by atoms with Gasteiger partial charge in [-0.25, -0.2) is 0 Å². The van der Waals surface area contributed by atoms with Crippen LogP contribution in [-0.2, 0) is 19.4 Å². The molecule has 152 valence electrons. The molecular formula is C20H28IN5O2. The number of fused-ring (bicyclic) bond motifs is 2. The molecule has 7 nitrogen and oxygen atoms in total. The van der Waals surface area contributed by atoms with Crippen molar-refractivity contribution in [2.45, 2.75) is 51.7 Å². The van der Waals surface area contributed by atoms with Gasteiger partial charge in [-0.05, 0) is 38.3 Å². The first-order valence-electron chi connectivity index (χ1n) is 9.55. The first-order chi connectivity index (χ1) is 13.1. The Bertz CT molecular complexity index is 849. The molecule has 0 amide bonds. The van der Waals surface area contributed by atoms with Gasteiger partial charge in [0.2, 0.25) is 6.79 Å². The molecule has 1 aliphatic carbocycles. The maximum absolute atomic E-state index is 5.57. The number of hydrogen-bond donors (Lipinski definition) is 2. The Morgan fingerprint density at radius 3 is 3.00 bits per heavy atom.